The molecule has 1 aromatic rings. The van der Waals surface area contributed by atoms with Gasteiger partial charge in [0.15, 0.2) is 0 Å². The number of hydrogen-bond donors (Lipinski definition) is 5. The summed E-state index contributed by atoms with van der Waals surface area (Å²) < 4.78 is 0. The van der Waals surface area contributed by atoms with Gasteiger partial charge in [0, 0.05) is 36.3 Å². The Morgan fingerprint density at radius 1 is 1.19 bits per heavy atom. The molecule has 2 rings (SSSR count). The number of allylic oxidation sites excluding steroid dienone is 2. The lowest BCUT2D eigenvalue weighted by atomic mass is 9.83. The second-order valence-corrected chi connectivity index (χ2v) is 8.22. The van der Waals surface area contributed by atoms with Crippen LogP contribution in [0.4, 0.5) is 10.5 Å². The third-order valence-electron chi connectivity index (χ3n) is 5.68. The number of aliphatic hydroxyl groups excluding tert-OH is 1. The molecule has 31 heavy (non-hydrogen) atoms. The highest BCUT2D eigenvalue weighted by atomic mass is 16.3. The first-order chi connectivity index (χ1) is 14.7. The van der Waals surface area contributed by atoms with E-state index < -0.39 is 6.04 Å². The smallest absolute Gasteiger partial charge is 0.317 e. The maximum atomic E-state index is 13.1. The molecule has 1 aromatic carbocycles. The Hall–Kier alpha value is -2.87. The maximum Gasteiger partial charge on any atom is 0.317 e. The summed E-state index contributed by atoms with van der Waals surface area (Å²) in [7, 11) is 1.59. The minimum absolute atomic E-state index is 0.0782. The number of carbonyl (C=O) groups is 2. The molecule has 1 aliphatic carbocycles. The predicted octanol–water partition coefficient (Wildman–Crippen LogP) is 2.94. The lowest BCUT2D eigenvalue weighted by molar-refractivity contribution is -0.119. The molecule has 0 spiro atoms. The zero-order valence-electron chi connectivity index (χ0n) is 18.7. The van der Waals surface area contributed by atoms with Crippen molar-refractivity contribution >= 4 is 28.9 Å². The minimum atomic E-state index is -0.640. The van der Waals surface area contributed by atoms with Gasteiger partial charge < -0.3 is 31.8 Å². The highest BCUT2D eigenvalue weighted by molar-refractivity contribution is 6.21. The summed E-state index contributed by atoms with van der Waals surface area (Å²) in [6.45, 7) is 3.51. The van der Waals surface area contributed by atoms with Gasteiger partial charge in [-0.15, -0.1) is 0 Å². The van der Waals surface area contributed by atoms with E-state index in [9.17, 15) is 9.59 Å². The number of aliphatic hydroxyl groups is 1. The molecule has 170 valence electrons. The van der Waals surface area contributed by atoms with Crippen LogP contribution >= 0.6 is 0 Å². The number of nitrogens with two attached hydrogens (primary N) is 1. The summed E-state index contributed by atoms with van der Waals surface area (Å²) in [6, 6.07) is 6.18. The molecule has 0 heterocycles. The highest BCUT2D eigenvalue weighted by Gasteiger charge is 2.31. The first kappa shape index (κ1) is 24.4. The van der Waals surface area contributed by atoms with E-state index >= 15 is 0 Å². The topological polar surface area (TPSA) is 132 Å². The normalized spacial score (nSPS) is 16.1. The maximum absolute atomic E-state index is 13.1. The summed E-state index contributed by atoms with van der Waals surface area (Å²) in [6.07, 6.45) is 5.02. The van der Waals surface area contributed by atoms with E-state index in [0.29, 0.717) is 22.7 Å². The van der Waals surface area contributed by atoms with Crippen LogP contribution in [0.3, 0.4) is 0 Å². The zero-order chi connectivity index (χ0) is 23.0. The van der Waals surface area contributed by atoms with Crippen LogP contribution < -0.4 is 16.4 Å². The molecule has 8 heteroatoms. The third-order valence-corrected chi connectivity index (χ3v) is 5.68. The van der Waals surface area contributed by atoms with Crippen LogP contribution in [0.2, 0.25) is 0 Å². The van der Waals surface area contributed by atoms with E-state index in [0.717, 1.165) is 37.7 Å². The van der Waals surface area contributed by atoms with Gasteiger partial charge >= 0.3 is 6.03 Å². The lowest BCUT2D eigenvalue weighted by Gasteiger charge is -2.31. The number of benzene rings is 1. The predicted molar refractivity (Wildman–Crippen MR) is 124 cm³/mol. The number of nitrogens with zero attached hydrogens (tertiary/aromatic N) is 1. The van der Waals surface area contributed by atoms with Gasteiger partial charge in [0.2, 0.25) is 5.91 Å². The Balaban J connectivity index is 2.16. The van der Waals surface area contributed by atoms with E-state index in [1.165, 1.54) is 4.90 Å². The molecular weight excluding hydrogens is 394 g/mol. The Morgan fingerprint density at radius 3 is 2.32 bits per heavy atom. The quantitative estimate of drug-likeness (QED) is 0.407. The van der Waals surface area contributed by atoms with Gasteiger partial charge in [-0.25, -0.2) is 4.79 Å². The SMILES string of the molecule is CC(=N)/C(=C(/C)N)c1ccc(NC(=O)C(NC(=O)N(C)CCO)C2CCCCC2)cc1. The van der Waals surface area contributed by atoms with Gasteiger partial charge in [-0.1, -0.05) is 31.4 Å². The van der Waals surface area contributed by atoms with Crippen molar-refractivity contribution in [1.29, 1.82) is 5.41 Å². The molecule has 8 nitrogen and oxygen atoms in total. The second-order valence-electron chi connectivity index (χ2n) is 8.22. The third kappa shape index (κ3) is 6.82. The molecule has 3 amide bonds. The fourth-order valence-electron chi connectivity index (χ4n) is 4.04. The summed E-state index contributed by atoms with van der Waals surface area (Å²) in [5, 5.41) is 22.8. The second kappa shape index (κ2) is 11.5. The number of rotatable bonds is 8. The molecule has 0 aromatic heterocycles. The van der Waals surface area contributed by atoms with Crippen LogP contribution in [0.25, 0.3) is 5.57 Å². The molecule has 6 N–H and O–H groups in total. The first-order valence-corrected chi connectivity index (χ1v) is 10.8. The van der Waals surface area contributed by atoms with Crippen molar-refractivity contribution in [3.63, 3.8) is 0 Å². The molecule has 1 atom stereocenters. The number of nitrogens with one attached hydrogen (secondary N) is 3. The average Bonchev–Trinajstić information content (AvgIpc) is 2.73. The highest BCUT2D eigenvalue weighted by Crippen LogP contribution is 2.28. The molecule has 1 aliphatic rings. The van der Waals surface area contributed by atoms with Gasteiger partial charge in [0.25, 0.3) is 0 Å². The molecule has 0 saturated heterocycles. The van der Waals surface area contributed by atoms with Crippen LogP contribution in [0, 0.1) is 11.3 Å². The van der Waals surface area contributed by atoms with Gasteiger partial charge in [-0.05, 0) is 50.3 Å². The molecule has 1 fully saturated rings. The Morgan fingerprint density at radius 2 is 1.81 bits per heavy atom. The first-order valence-electron chi connectivity index (χ1n) is 10.8. The molecule has 0 bridgehead atoms. The van der Waals surface area contributed by atoms with Crippen molar-refractivity contribution < 1.29 is 14.7 Å². The van der Waals surface area contributed by atoms with Crippen LogP contribution in [-0.4, -0.2) is 53.9 Å². The van der Waals surface area contributed by atoms with E-state index in [1.54, 1.807) is 33.0 Å². The van der Waals surface area contributed by atoms with Crippen molar-refractivity contribution in [2.75, 3.05) is 25.5 Å². The number of urea groups is 1. The molecule has 1 unspecified atom stereocenters. The monoisotopic (exact) mass is 429 g/mol. The zero-order valence-corrected chi connectivity index (χ0v) is 18.7. The average molecular weight is 430 g/mol. The van der Waals surface area contributed by atoms with Gasteiger partial charge in [-0.2, -0.15) is 0 Å². The van der Waals surface area contributed by atoms with Crippen molar-refractivity contribution in [2.24, 2.45) is 11.7 Å². The number of likely N-dealkylation sites (N-methyl/N-ethyl adjacent to an activating group) is 1. The van der Waals surface area contributed by atoms with Gasteiger partial charge in [0.05, 0.1) is 6.61 Å². The van der Waals surface area contributed by atoms with Crippen molar-refractivity contribution in [3.05, 3.63) is 35.5 Å². The summed E-state index contributed by atoms with van der Waals surface area (Å²) in [5.74, 6) is -0.172. The Kier molecular flexibility index (Phi) is 9.05. The number of hydrogen-bond acceptors (Lipinski definition) is 5. The van der Waals surface area contributed by atoms with Crippen LogP contribution in [0.1, 0.15) is 51.5 Å². The van der Waals surface area contributed by atoms with Crippen molar-refractivity contribution in [2.45, 2.75) is 52.0 Å². The van der Waals surface area contributed by atoms with E-state index in [2.05, 4.69) is 10.6 Å². The summed E-state index contributed by atoms with van der Waals surface area (Å²) in [5.41, 5.74) is 8.96. The lowest BCUT2D eigenvalue weighted by Crippen LogP contribution is -2.52. The molecule has 1 saturated carbocycles. The summed E-state index contributed by atoms with van der Waals surface area (Å²) >= 11 is 0. The largest absolute Gasteiger partial charge is 0.402 e. The number of amides is 3. The fourth-order valence-corrected chi connectivity index (χ4v) is 4.04. The standard InChI is InChI=1S/C23H35N5O3/c1-15(24)20(16(2)25)17-9-11-19(12-10-17)26-22(30)21(18-7-5-4-6-8-18)27-23(31)28(3)13-14-29/h9-12,18,21,24,29H,4-8,13-14,25H2,1-3H3,(H,26,30)(H,27,31)/b20-16+,24-15?. The Bertz CT molecular complexity index is 809. The van der Waals surface area contributed by atoms with E-state index in [-0.39, 0.29) is 31.0 Å². The van der Waals surface area contributed by atoms with Crippen molar-refractivity contribution in [1.82, 2.24) is 10.2 Å². The summed E-state index contributed by atoms with van der Waals surface area (Å²) in [4.78, 5) is 27.0. The van der Waals surface area contributed by atoms with E-state index in [1.807, 2.05) is 12.1 Å². The van der Waals surface area contributed by atoms with E-state index in [4.69, 9.17) is 16.2 Å². The number of carbonyl (C=O) groups excluding carboxylic acids is 2. The number of anilines is 1. The molecular formula is C23H35N5O3. The molecule has 0 radical (unpaired) electrons. The van der Waals surface area contributed by atoms with Crippen LogP contribution in [-0.2, 0) is 4.79 Å². The minimum Gasteiger partial charge on any atom is -0.402 e. The Labute approximate surface area is 184 Å². The molecule has 0 aliphatic heterocycles. The van der Waals surface area contributed by atoms with Gasteiger partial charge in [0.1, 0.15) is 6.04 Å². The van der Waals surface area contributed by atoms with Crippen LogP contribution in [0.15, 0.2) is 30.0 Å². The van der Waals surface area contributed by atoms with Crippen LogP contribution in [0.5, 0.6) is 0 Å². The fraction of sp³-hybridized carbons (Fsp3) is 0.522. The van der Waals surface area contributed by atoms with Gasteiger partial charge in [-0.3, -0.25) is 4.79 Å². The van der Waals surface area contributed by atoms with Crippen molar-refractivity contribution in [3.8, 4) is 0 Å².